The summed E-state index contributed by atoms with van der Waals surface area (Å²) in [6.07, 6.45) is 3.92. The molecule has 0 aliphatic carbocycles. The van der Waals surface area contributed by atoms with Gasteiger partial charge in [-0.3, -0.25) is 4.98 Å². The van der Waals surface area contributed by atoms with Gasteiger partial charge in [-0.15, -0.1) is 0 Å². The number of nitrogens with zero attached hydrogens (tertiary/aromatic N) is 1. The first-order valence-electron chi connectivity index (χ1n) is 5.28. The summed E-state index contributed by atoms with van der Waals surface area (Å²) in [7, 11) is 0. The van der Waals surface area contributed by atoms with Gasteiger partial charge in [0.15, 0.2) is 0 Å². The minimum atomic E-state index is -0.240. The zero-order valence-corrected chi connectivity index (χ0v) is 9.31. The lowest BCUT2D eigenvalue weighted by Crippen LogP contribution is -2.32. The highest BCUT2D eigenvalue weighted by molar-refractivity contribution is 5.88. The summed E-state index contributed by atoms with van der Waals surface area (Å²) in [5, 5.41) is 14.1. The Morgan fingerprint density at radius 2 is 2.19 bits per heavy atom. The van der Waals surface area contributed by atoms with E-state index in [-0.39, 0.29) is 18.6 Å². The summed E-state index contributed by atoms with van der Waals surface area (Å²) in [5.41, 5.74) is 0.710. The third kappa shape index (κ3) is 4.75. The second-order valence-electron chi connectivity index (χ2n) is 3.69. The molecule has 0 radical (unpaired) electrons. The number of anilines is 1. The van der Waals surface area contributed by atoms with Gasteiger partial charge in [-0.1, -0.05) is 6.92 Å². The highest BCUT2D eigenvalue weighted by Gasteiger charge is 2.04. The molecule has 0 aliphatic heterocycles. The van der Waals surface area contributed by atoms with Gasteiger partial charge in [0.2, 0.25) is 0 Å². The van der Waals surface area contributed by atoms with Gasteiger partial charge in [0.1, 0.15) is 0 Å². The summed E-state index contributed by atoms with van der Waals surface area (Å²) in [6.45, 7) is 2.68. The Kier molecular flexibility index (Phi) is 5.28. The Morgan fingerprint density at radius 3 is 2.81 bits per heavy atom. The van der Waals surface area contributed by atoms with Crippen LogP contribution < -0.4 is 10.6 Å². The van der Waals surface area contributed by atoms with E-state index in [9.17, 15) is 4.79 Å². The van der Waals surface area contributed by atoms with Gasteiger partial charge in [0, 0.05) is 31.2 Å². The van der Waals surface area contributed by atoms with E-state index in [0.29, 0.717) is 18.7 Å². The van der Waals surface area contributed by atoms with Crippen LogP contribution in [0.3, 0.4) is 0 Å². The maximum Gasteiger partial charge on any atom is 0.319 e. The Balaban J connectivity index is 2.26. The monoisotopic (exact) mass is 223 g/mol. The molecule has 0 bridgehead atoms. The minimum absolute atomic E-state index is 0.148. The molecular formula is C11H17N3O2. The Hall–Kier alpha value is -1.62. The molecule has 3 N–H and O–H groups in total. The van der Waals surface area contributed by atoms with E-state index in [1.54, 1.807) is 24.5 Å². The number of carbonyl (C=O) groups excluding carboxylic acids is 1. The third-order valence-electron chi connectivity index (χ3n) is 2.17. The molecule has 1 unspecified atom stereocenters. The van der Waals surface area contributed by atoms with E-state index >= 15 is 0 Å². The van der Waals surface area contributed by atoms with E-state index in [4.69, 9.17) is 5.11 Å². The lowest BCUT2D eigenvalue weighted by molar-refractivity contribution is 0.243. The highest BCUT2D eigenvalue weighted by Crippen LogP contribution is 2.03. The first-order valence-corrected chi connectivity index (χ1v) is 5.28. The zero-order chi connectivity index (χ0) is 11.8. The van der Waals surface area contributed by atoms with Crippen molar-refractivity contribution >= 4 is 11.7 Å². The lowest BCUT2D eigenvalue weighted by Gasteiger charge is -2.11. The third-order valence-corrected chi connectivity index (χ3v) is 2.17. The number of aliphatic hydroxyl groups is 1. The molecule has 1 rings (SSSR count). The lowest BCUT2D eigenvalue weighted by atomic mass is 10.1. The van der Waals surface area contributed by atoms with Gasteiger partial charge >= 0.3 is 6.03 Å². The van der Waals surface area contributed by atoms with Crippen molar-refractivity contribution in [3.05, 3.63) is 24.5 Å². The van der Waals surface area contributed by atoms with Crippen LogP contribution in [0, 0.1) is 5.92 Å². The number of amides is 2. The second kappa shape index (κ2) is 6.79. The largest absolute Gasteiger partial charge is 0.396 e. The molecule has 5 nitrogen and oxygen atoms in total. The molecule has 0 spiro atoms. The van der Waals surface area contributed by atoms with Crippen LogP contribution in [0.25, 0.3) is 0 Å². The summed E-state index contributed by atoms with van der Waals surface area (Å²) < 4.78 is 0. The number of nitrogens with one attached hydrogen (secondary N) is 2. The summed E-state index contributed by atoms with van der Waals surface area (Å²) in [4.78, 5) is 15.3. The molecule has 5 heteroatoms. The van der Waals surface area contributed by atoms with Crippen molar-refractivity contribution in [2.45, 2.75) is 13.3 Å². The minimum Gasteiger partial charge on any atom is -0.396 e. The van der Waals surface area contributed by atoms with Gasteiger partial charge in [0.05, 0.1) is 0 Å². The van der Waals surface area contributed by atoms with Gasteiger partial charge < -0.3 is 15.7 Å². The van der Waals surface area contributed by atoms with Gasteiger partial charge in [-0.2, -0.15) is 0 Å². The topological polar surface area (TPSA) is 74.2 Å². The fraction of sp³-hybridized carbons (Fsp3) is 0.455. The molecule has 1 atom stereocenters. The summed E-state index contributed by atoms with van der Waals surface area (Å²) in [5.74, 6) is 0.271. The fourth-order valence-corrected chi connectivity index (χ4v) is 1.20. The standard InChI is InChI=1S/C11H17N3O2/c1-9(4-7-15)8-13-11(16)14-10-2-5-12-6-3-10/h2-3,5-6,9,15H,4,7-8H2,1H3,(H2,12,13,14,16). The molecular weight excluding hydrogens is 206 g/mol. The number of pyridine rings is 1. The van der Waals surface area contributed by atoms with E-state index in [1.165, 1.54) is 0 Å². The Bertz CT molecular complexity index is 316. The van der Waals surface area contributed by atoms with Crippen LogP contribution in [0.4, 0.5) is 10.5 Å². The first kappa shape index (κ1) is 12.4. The number of carbonyl (C=O) groups is 1. The maximum atomic E-state index is 11.4. The SMILES string of the molecule is CC(CCO)CNC(=O)Nc1ccncc1. The van der Waals surface area contributed by atoms with Crippen molar-refractivity contribution in [2.75, 3.05) is 18.5 Å². The van der Waals surface area contributed by atoms with Crippen LogP contribution in [0.1, 0.15) is 13.3 Å². The van der Waals surface area contributed by atoms with Crippen molar-refractivity contribution in [3.63, 3.8) is 0 Å². The molecule has 0 fully saturated rings. The van der Waals surface area contributed by atoms with Crippen LogP contribution >= 0.6 is 0 Å². The number of aromatic nitrogens is 1. The molecule has 16 heavy (non-hydrogen) atoms. The maximum absolute atomic E-state index is 11.4. The molecule has 0 saturated carbocycles. The predicted octanol–water partition coefficient (Wildman–Crippen LogP) is 1.22. The van der Waals surface area contributed by atoms with Crippen LogP contribution in [0.2, 0.25) is 0 Å². The van der Waals surface area contributed by atoms with Crippen molar-refractivity contribution in [2.24, 2.45) is 5.92 Å². The number of urea groups is 1. The normalized spacial score (nSPS) is 11.9. The molecule has 1 aromatic rings. The van der Waals surface area contributed by atoms with Crippen molar-refractivity contribution < 1.29 is 9.90 Å². The van der Waals surface area contributed by atoms with Crippen molar-refractivity contribution in [1.29, 1.82) is 0 Å². The van der Waals surface area contributed by atoms with Crippen LogP contribution in [-0.4, -0.2) is 29.3 Å². The molecule has 2 amide bonds. The Labute approximate surface area is 94.9 Å². The number of hydrogen-bond donors (Lipinski definition) is 3. The van der Waals surface area contributed by atoms with E-state index < -0.39 is 0 Å². The summed E-state index contributed by atoms with van der Waals surface area (Å²) in [6, 6.07) is 3.20. The molecule has 0 saturated heterocycles. The average Bonchev–Trinajstić information content (AvgIpc) is 2.28. The van der Waals surface area contributed by atoms with E-state index in [2.05, 4.69) is 15.6 Å². The smallest absolute Gasteiger partial charge is 0.319 e. The van der Waals surface area contributed by atoms with E-state index in [1.807, 2.05) is 6.92 Å². The molecule has 88 valence electrons. The predicted molar refractivity (Wildman–Crippen MR) is 62.1 cm³/mol. The quantitative estimate of drug-likeness (QED) is 0.702. The van der Waals surface area contributed by atoms with Gasteiger partial charge in [-0.05, 0) is 24.5 Å². The van der Waals surface area contributed by atoms with Crippen LogP contribution in [0.5, 0.6) is 0 Å². The van der Waals surface area contributed by atoms with Gasteiger partial charge in [-0.25, -0.2) is 4.79 Å². The average molecular weight is 223 g/mol. The molecule has 1 heterocycles. The molecule has 0 aliphatic rings. The van der Waals surface area contributed by atoms with Crippen LogP contribution in [0.15, 0.2) is 24.5 Å². The zero-order valence-electron chi connectivity index (χ0n) is 9.31. The number of rotatable bonds is 5. The fourth-order valence-electron chi connectivity index (χ4n) is 1.20. The number of aliphatic hydroxyl groups excluding tert-OH is 1. The van der Waals surface area contributed by atoms with Crippen molar-refractivity contribution in [3.8, 4) is 0 Å². The molecule has 1 aromatic heterocycles. The summed E-state index contributed by atoms with van der Waals surface area (Å²) >= 11 is 0. The Morgan fingerprint density at radius 1 is 1.50 bits per heavy atom. The number of hydrogen-bond acceptors (Lipinski definition) is 3. The highest BCUT2D eigenvalue weighted by atomic mass is 16.3. The second-order valence-corrected chi connectivity index (χ2v) is 3.69. The van der Waals surface area contributed by atoms with Crippen molar-refractivity contribution in [1.82, 2.24) is 10.3 Å². The van der Waals surface area contributed by atoms with Crippen LogP contribution in [-0.2, 0) is 0 Å². The van der Waals surface area contributed by atoms with E-state index in [0.717, 1.165) is 0 Å². The van der Waals surface area contributed by atoms with Gasteiger partial charge in [0.25, 0.3) is 0 Å². The first-order chi connectivity index (χ1) is 7.72. The molecule has 0 aromatic carbocycles.